The van der Waals surface area contributed by atoms with Gasteiger partial charge in [0.05, 0.1) is 7.11 Å². The van der Waals surface area contributed by atoms with Crippen molar-refractivity contribution >= 4 is 28.6 Å². The number of nitrogens with zero attached hydrogens (tertiary/aromatic N) is 1. The second kappa shape index (κ2) is 6.31. The lowest BCUT2D eigenvalue weighted by atomic mass is 9.94. The molecule has 0 saturated heterocycles. The molecule has 0 fully saturated rings. The first-order valence-electron chi connectivity index (χ1n) is 5.97. The van der Waals surface area contributed by atoms with Gasteiger partial charge in [0, 0.05) is 21.8 Å². The second-order valence-electron chi connectivity index (χ2n) is 4.80. The molecule has 0 bridgehead atoms. The largest absolute Gasteiger partial charge is 0.496 e. The first kappa shape index (κ1) is 15.9. The van der Waals surface area contributed by atoms with E-state index in [1.165, 1.54) is 26.7 Å². The molecule has 0 spiro atoms. The quantitative estimate of drug-likeness (QED) is 0.839. The van der Waals surface area contributed by atoms with E-state index in [1.54, 1.807) is 7.11 Å². The second-order valence-corrected chi connectivity index (χ2v) is 5.96. The van der Waals surface area contributed by atoms with Crippen LogP contribution < -0.4 is 4.74 Å². The van der Waals surface area contributed by atoms with E-state index in [2.05, 4.69) is 68.3 Å². The molecule has 0 aliphatic carbocycles. The van der Waals surface area contributed by atoms with Crippen LogP contribution in [0.15, 0.2) is 4.47 Å². The van der Waals surface area contributed by atoms with E-state index in [1.807, 2.05) is 0 Å². The van der Waals surface area contributed by atoms with Gasteiger partial charge < -0.3 is 9.64 Å². The number of rotatable bonds is 4. The molecule has 0 aromatic heterocycles. The Labute approximate surface area is 124 Å². The van der Waals surface area contributed by atoms with Gasteiger partial charge in [-0.25, -0.2) is 0 Å². The Morgan fingerprint density at radius 2 is 1.72 bits per heavy atom. The maximum absolute atomic E-state index is 5.64. The number of methoxy groups -OCH3 is 1. The minimum atomic E-state index is 0.249. The summed E-state index contributed by atoms with van der Waals surface area (Å²) in [5.41, 5.74) is 4.90. The van der Waals surface area contributed by atoms with Crippen LogP contribution in [0, 0.1) is 20.8 Å². The average molecular weight is 332 g/mol. The molecule has 0 N–H and O–H groups in total. The monoisotopic (exact) mass is 331 g/mol. The summed E-state index contributed by atoms with van der Waals surface area (Å²) >= 11 is 8.17. The van der Waals surface area contributed by atoms with Crippen LogP contribution in [0.3, 0.4) is 0 Å². The molecule has 0 amide bonds. The zero-order valence-electron chi connectivity index (χ0n) is 12.0. The number of benzene rings is 1. The molecule has 0 saturated carbocycles. The molecular formula is C14H22BrNOS. The molecule has 1 aromatic carbocycles. The first-order chi connectivity index (χ1) is 8.36. The number of thiol groups is 1. The predicted octanol–water partition coefficient (Wildman–Crippen LogP) is 3.92. The van der Waals surface area contributed by atoms with E-state index in [0.29, 0.717) is 0 Å². The van der Waals surface area contributed by atoms with Crippen LogP contribution in [0.25, 0.3) is 0 Å². The Hall–Kier alpha value is -0.190. The Morgan fingerprint density at radius 1 is 1.17 bits per heavy atom. The van der Waals surface area contributed by atoms with E-state index in [0.717, 1.165) is 11.5 Å². The van der Waals surface area contributed by atoms with Crippen LogP contribution in [0.4, 0.5) is 0 Å². The molecule has 18 heavy (non-hydrogen) atoms. The van der Waals surface area contributed by atoms with Crippen molar-refractivity contribution in [3.05, 3.63) is 26.7 Å². The average Bonchev–Trinajstić information content (AvgIpc) is 2.33. The van der Waals surface area contributed by atoms with E-state index < -0.39 is 0 Å². The van der Waals surface area contributed by atoms with Gasteiger partial charge in [0.25, 0.3) is 0 Å². The number of ether oxygens (including phenoxy) is 1. The zero-order valence-corrected chi connectivity index (χ0v) is 14.4. The lowest BCUT2D eigenvalue weighted by Crippen LogP contribution is -2.23. The Balaban J connectivity index is 3.60. The van der Waals surface area contributed by atoms with Crippen LogP contribution >= 0.6 is 28.6 Å². The number of hydrogen-bond donors (Lipinski definition) is 1. The highest BCUT2D eigenvalue weighted by molar-refractivity contribution is 9.10. The Kier molecular flexibility index (Phi) is 5.56. The summed E-state index contributed by atoms with van der Waals surface area (Å²) in [5, 5.41) is 0. The van der Waals surface area contributed by atoms with Gasteiger partial charge in [-0.05, 0) is 51.6 Å². The van der Waals surface area contributed by atoms with Crippen molar-refractivity contribution in [1.29, 1.82) is 0 Å². The minimum absolute atomic E-state index is 0.249. The van der Waals surface area contributed by atoms with Gasteiger partial charge in [-0.1, -0.05) is 15.9 Å². The molecule has 0 heterocycles. The molecule has 0 aliphatic heterocycles. The van der Waals surface area contributed by atoms with Crippen LogP contribution in [0.1, 0.15) is 28.3 Å². The van der Waals surface area contributed by atoms with Gasteiger partial charge in [-0.2, -0.15) is 12.6 Å². The van der Waals surface area contributed by atoms with Crippen LogP contribution in [0.2, 0.25) is 0 Å². The summed E-state index contributed by atoms with van der Waals surface area (Å²) < 4.78 is 6.82. The summed E-state index contributed by atoms with van der Waals surface area (Å²) in [6.45, 7) is 6.35. The molecule has 1 unspecified atom stereocenters. The SMILES string of the molecule is COc1c(C)c(C)c(Br)c(C)c1C(CS)N(C)C. The van der Waals surface area contributed by atoms with Gasteiger partial charge in [-0.15, -0.1) is 0 Å². The molecule has 1 aromatic rings. The normalized spacial score (nSPS) is 12.9. The fourth-order valence-electron chi connectivity index (χ4n) is 2.28. The van der Waals surface area contributed by atoms with Crippen molar-refractivity contribution in [2.45, 2.75) is 26.8 Å². The summed E-state index contributed by atoms with van der Waals surface area (Å²) in [4.78, 5) is 2.18. The summed E-state index contributed by atoms with van der Waals surface area (Å²) in [5.74, 6) is 1.75. The minimum Gasteiger partial charge on any atom is -0.496 e. The van der Waals surface area contributed by atoms with Crippen molar-refractivity contribution in [3.8, 4) is 5.75 Å². The van der Waals surface area contributed by atoms with Crippen molar-refractivity contribution in [3.63, 3.8) is 0 Å². The van der Waals surface area contributed by atoms with Gasteiger partial charge in [-0.3, -0.25) is 0 Å². The highest BCUT2D eigenvalue weighted by atomic mass is 79.9. The van der Waals surface area contributed by atoms with E-state index >= 15 is 0 Å². The standard InChI is InChI=1S/C14H22BrNOS/c1-8-9(2)14(17-6)12(10(3)13(8)15)11(7-18)16(4)5/h11,18H,7H2,1-6H3. The summed E-state index contributed by atoms with van der Waals surface area (Å²) in [7, 11) is 5.88. The smallest absolute Gasteiger partial charge is 0.127 e. The number of halogens is 1. The van der Waals surface area contributed by atoms with E-state index in [4.69, 9.17) is 4.74 Å². The highest BCUT2D eigenvalue weighted by Gasteiger charge is 2.24. The highest BCUT2D eigenvalue weighted by Crippen LogP contribution is 2.40. The summed E-state index contributed by atoms with van der Waals surface area (Å²) in [6.07, 6.45) is 0. The third-order valence-corrected chi connectivity index (χ3v) is 5.08. The molecule has 1 atom stereocenters. The lowest BCUT2D eigenvalue weighted by Gasteiger charge is -2.28. The molecule has 0 radical (unpaired) electrons. The fraction of sp³-hybridized carbons (Fsp3) is 0.571. The molecular weight excluding hydrogens is 310 g/mol. The van der Waals surface area contributed by atoms with E-state index in [-0.39, 0.29) is 6.04 Å². The van der Waals surface area contributed by atoms with E-state index in [9.17, 15) is 0 Å². The van der Waals surface area contributed by atoms with Crippen molar-refractivity contribution in [1.82, 2.24) is 4.90 Å². The third kappa shape index (κ3) is 2.70. The lowest BCUT2D eigenvalue weighted by molar-refractivity contribution is 0.311. The number of hydrogen-bond acceptors (Lipinski definition) is 3. The van der Waals surface area contributed by atoms with Crippen LogP contribution in [0.5, 0.6) is 5.75 Å². The van der Waals surface area contributed by atoms with Crippen molar-refractivity contribution < 1.29 is 4.74 Å². The van der Waals surface area contributed by atoms with Gasteiger partial charge in [0.1, 0.15) is 5.75 Å². The molecule has 2 nitrogen and oxygen atoms in total. The topological polar surface area (TPSA) is 12.5 Å². The molecule has 1 rings (SSSR count). The van der Waals surface area contributed by atoms with Gasteiger partial charge >= 0.3 is 0 Å². The summed E-state index contributed by atoms with van der Waals surface area (Å²) in [6, 6.07) is 0.249. The predicted molar refractivity (Wildman–Crippen MR) is 85.2 cm³/mol. The van der Waals surface area contributed by atoms with Crippen molar-refractivity contribution in [2.24, 2.45) is 0 Å². The molecule has 102 valence electrons. The molecule has 4 heteroatoms. The molecule has 0 aliphatic rings. The Bertz CT molecular complexity index is 446. The van der Waals surface area contributed by atoms with Gasteiger partial charge in [0.15, 0.2) is 0 Å². The third-order valence-electron chi connectivity index (χ3n) is 3.54. The maximum atomic E-state index is 5.64. The first-order valence-corrected chi connectivity index (χ1v) is 7.39. The zero-order chi connectivity index (χ0) is 14.0. The Morgan fingerprint density at radius 3 is 2.11 bits per heavy atom. The maximum Gasteiger partial charge on any atom is 0.127 e. The van der Waals surface area contributed by atoms with Gasteiger partial charge in [0.2, 0.25) is 0 Å². The van der Waals surface area contributed by atoms with Crippen molar-refractivity contribution in [2.75, 3.05) is 27.0 Å². The van der Waals surface area contributed by atoms with Crippen LogP contribution in [-0.4, -0.2) is 31.9 Å². The van der Waals surface area contributed by atoms with Crippen LogP contribution in [-0.2, 0) is 0 Å². The fourth-order valence-corrected chi connectivity index (χ4v) is 3.30.